The van der Waals surface area contributed by atoms with E-state index in [1.165, 1.54) is 17.2 Å². The van der Waals surface area contributed by atoms with Gasteiger partial charge in [0, 0.05) is 44.1 Å². The van der Waals surface area contributed by atoms with Gasteiger partial charge in [0.05, 0.1) is 17.3 Å². The van der Waals surface area contributed by atoms with E-state index in [4.69, 9.17) is 5.73 Å². The molecule has 0 spiro atoms. The lowest BCUT2D eigenvalue weighted by Crippen LogP contribution is -2.39. The number of nitrogens with two attached hydrogens (primary N) is 1. The maximum Gasteiger partial charge on any atom is 0.416 e. The van der Waals surface area contributed by atoms with Crippen molar-refractivity contribution in [3.63, 3.8) is 0 Å². The number of halogens is 3. The summed E-state index contributed by atoms with van der Waals surface area (Å²) in [6.45, 7) is 0.662. The van der Waals surface area contributed by atoms with Crippen molar-refractivity contribution < 1.29 is 27.6 Å². The number of hydrogen-bond acceptors (Lipinski definition) is 6. The molecule has 186 valence electrons. The first-order valence-electron chi connectivity index (χ1n) is 11.6. The van der Waals surface area contributed by atoms with Crippen LogP contribution in [0.3, 0.4) is 0 Å². The average molecular weight is 489 g/mol. The molecule has 2 fully saturated rings. The molecule has 1 aromatic heterocycles. The number of anilines is 1. The molecule has 0 bridgehead atoms. The number of benzene rings is 1. The monoisotopic (exact) mass is 489 g/mol. The Morgan fingerprint density at radius 3 is 2.60 bits per heavy atom. The van der Waals surface area contributed by atoms with Gasteiger partial charge in [0.2, 0.25) is 23.7 Å². The van der Waals surface area contributed by atoms with Crippen molar-refractivity contribution in [3.05, 3.63) is 41.7 Å². The Morgan fingerprint density at radius 1 is 1.14 bits per heavy atom. The molecule has 2 aliphatic heterocycles. The SMILES string of the molecule is Nc1ncc(-c2cccc(C(F)(F)F)c2)c([C@@H]2CCCCN2C(=O)CCCN2C(=O)CCC2=O)n1. The van der Waals surface area contributed by atoms with Gasteiger partial charge in [-0.1, -0.05) is 12.1 Å². The fourth-order valence-corrected chi connectivity index (χ4v) is 4.67. The zero-order valence-electron chi connectivity index (χ0n) is 19.1. The number of nitrogen functional groups attached to an aromatic ring is 1. The number of carbonyl (C=O) groups excluding carboxylic acids is 3. The van der Waals surface area contributed by atoms with Gasteiger partial charge < -0.3 is 10.6 Å². The number of nitrogens with zero attached hydrogens (tertiary/aromatic N) is 4. The Morgan fingerprint density at radius 2 is 1.89 bits per heavy atom. The fraction of sp³-hybridized carbons (Fsp3) is 0.458. The minimum absolute atomic E-state index is 0.0280. The highest BCUT2D eigenvalue weighted by atomic mass is 19.4. The first-order valence-corrected chi connectivity index (χ1v) is 11.6. The van der Waals surface area contributed by atoms with Crippen molar-refractivity contribution in [1.82, 2.24) is 19.8 Å². The smallest absolute Gasteiger partial charge is 0.368 e. The summed E-state index contributed by atoms with van der Waals surface area (Å²) >= 11 is 0. The second-order valence-electron chi connectivity index (χ2n) is 8.75. The van der Waals surface area contributed by atoms with Crippen LogP contribution in [0.25, 0.3) is 11.1 Å². The van der Waals surface area contributed by atoms with Crippen molar-refractivity contribution in [2.24, 2.45) is 0 Å². The number of alkyl halides is 3. The summed E-state index contributed by atoms with van der Waals surface area (Å²) in [5.41, 5.74) is 6.14. The van der Waals surface area contributed by atoms with E-state index in [0.29, 0.717) is 36.2 Å². The van der Waals surface area contributed by atoms with E-state index in [-0.39, 0.29) is 49.5 Å². The largest absolute Gasteiger partial charge is 0.416 e. The molecule has 35 heavy (non-hydrogen) atoms. The number of likely N-dealkylation sites (tertiary alicyclic amines) is 2. The maximum absolute atomic E-state index is 13.3. The molecule has 0 radical (unpaired) electrons. The summed E-state index contributed by atoms with van der Waals surface area (Å²) in [6, 6.07) is 4.43. The number of piperidine rings is 1. The molecule has 1 aromatic carbocycles. The summed E-state index contributed by atoms with van der Waals surface area (Å²) in [7, 11) is 0. The van der Waals surface area contributed by atoms with E-state index in [1.54, 1.807) is 11.0 Å². The molecule has 2 aliphatic rings. The Labute approximate surface area is 200 Å². The van der Waals surface area contributed by atoms with E-state index < -0.39 is 17.8 Å². The molecule has 2 N–H and O–H groups in total. The number of amides is 3. The van der Waals surface area contributed by atoms with Crippen LogP contribution in [0.2, 0.25) is 0 Å². The number of hydrogen-bond donors (Lipinski definition) is 1. The van der Waals surface area contributed by atoms with Crippen LogP contribution < -0.4 is 5.73 Å². The lowest BCUT2D eigenvalue weighted by Gasteiger charge is -2.36. The summed E-state index contributed by atoms with van der Waals surface area (Å²) in [4.78, 5) is 48.0. The van der Waals surface area contributed by atoms with E-state index in [2.05, 4.69) is 9.97 Å². The summed E-state index contributed by atoms with van der Waals surface area (Å²) in [5.74, 6) is -0.637. The van der Waals surface area contributed by atoms with Crippen LogP contribution in [0.4, 0.5) is 19.1 Å². The molecule has 0 unspecified atom stereocenters. The molecule has 4 rings (SSSR count). The first kappa shape index (κ1) is 24.6. The molecule has 2 aromatic rings. The van der Waals surface area contributed by atoms with Gasteiger partial charge in [-0.25, -0.2) is 9.97 Å². The van der Waals surface area contributed by atoms with Gasteiger partial charge in [-0.15, -0.1) is 0 Å². The van der Waals surface area contributed by atoms with Gasteiger partial charge in [-0.05, 0) is 43.4 Å². The molecule has 2 saturated heterocycles. The molecule has 11 heteroatoms. The van der Waals surface area contributed by atoms with Crippen molar-refractivity contribution in [2.45, 2.75) is 57.2 Å². The van der Waals surface area contributed by atoms with E-state index >= 15 is 0 Å². The van der Waals surface area contributed by atoms with Gasteiger partial charge in [-0.3, -0.25) is 19.3 Å². The van der Waals surface area contributed by atoms with Gasteiger partial charge in [0.25, 0.3) is 0 Å². The molecule has 3 heterocycles. The van der Waals surface area contributed by atoms with Crippen LogP contribution >= 0.6 is 0 Å². The normalized spacial score (nSPS) is 18.9. The lowest BCUT2D eigenvalue weighted by atomic mass is 9.93. The maximum atomic E-state index is 13.3. The number of carbonyl (C=O) groups is 3. The summed E-state index contributed by atoms with van der Waals surface area (Å²) in [5, 5.41) is 0. The van der Waals surface area contributed by atoms with Gasteiger partial charge in [-0.2, -0.15) is 13.2 Å². The van der Waals surface area contributed by atoms with Crippen molar-refractivity contribution in [2.75, 3.05) is 18.8 Å². The van der Waals surface area contributed by atoms with Crippen molar-refractivity contribution >= 4 is 23.7 Å². The lowest BCUT2D eigenvalue weighted by molar-refractivity contribution is -0.140. The highest BCUT2D eigenvalue weighted by molar-refractivity contribution is 6.01. The average Bonchev–Trinajstić information content (AvgIpc) is 3.15. The van der Waals surface area contributed by atoms with E-state index in [1.807, 2.05) is 0 Å². The Balaban J connectivity index is 1.57. The van der Waals surface area contributed by atoms with Crippen molar-refractivity contribution in [3.8, 4) is 11.1 Å². The molecular weight excluding hydrogens is 463 g/mol. The van der Waals surface area contributed by atoms with Crippen LogP contribution in [0.1, 0.15) is 62.2 Å². The summed E-state index contributed by atoms with van der Waals surface area (Å²) < 4.78 is 39.9. The number of aromatic nitrogens is 2. The summed E-state index contributed by atoms with van der Waals surface area (Å²) in [6.07, 6.45) is -0.0498. The predicted octanol–water partition coefficient (Wildman–Crippen LogP) is 3.73. The molecule has 0 aliphatic carbocycles. The quantitative estimate of drug-likeness (QED) is 0.620. The number of imide groups is 1. The van der Waals surface area contributed by atoms with Crippen LogP contribution in [-0.2, 0) is 20.6 Å². The van der Waals surface area contributed by atoms with E-state index in [9.17, 15) is 27.6 Å². The molecule has 8 nitrogen and oxygen atoms in total. The molecule has 3 amide bonds. The Hall–Kier alpha value is -3.50. The topological polar surface area (TPSA) is 109 Å². The minimum atomic E-state index is -4.50. The molecule has 0 saturated carbocycles. The highest BCUT2D eigenvalue weighted by Crippen LogP contribution is 2.38. The van der Waals surface area contributed by atoms with Gasteiger partial charge >= 0.3 is 6.18 Å². The fourth-order valence-electron chi connectivity index (χ4n) is 4.67. The Bertz CT molecular complexity index is 1120. The predicted molar refractivity (Wildman–Crippen MR) is 120 cm³/mol. The molecule has 1 atom stereocenters. The van der Waals surface area contributed by atoms with Gasteiger partial charge in [0.15, 0.2) is 0 Å². The van der Waals surface area contributed by atoms with Gasteiger partial charge in [0.1, 0.15) is 0 Å². The van der Waals surface area contributed by atoms with Crippen LogP contribution in [0.15, 0.2) is 30.5 Å². The third-order valence-electron chi connectivity index (χ3n) is 6.40. The third kappa shape index (κ3) is 5.44. The van der Waals surface area contributed by atoms with Crippen LogP contribution in [-0.4, -0.2) is 50.6 Å². The standard InChI is InChI=1S/C24H26F3N5O3/c25-24(26,27)16-6-3-5-15(13-16)17-14-29-23(28)30-22(17)18-7-1-2-11-31(18)19(33)8-4-12-32-20(34)9-10-21(32)35/h3,5-6,13-14,18H,1-2,4,7-12H2,(H2,28,29,30)/t18-/m0/s1. The third-order valence-corrected chi connectivity index (χ3v) is 6.40. The zero-order chi connectivity index (χ0) is 25.2. The first-order chi connectivity index (χ1) is 16.6. The number of rotatable bonds is 6. The Kier molecular flexibility index (Phi) is 7.04. The molecular formula is C24H26F3N5O3. The van der Waals surface area contributed by atoms with Crippen molar-refractivity contribution in [1.29, 1.82) is 0 Å². The van der Waals surface area contributed by atoms with Crippen LogP contribution in [0, 0.1) is 0 Å². The zero-order valence-corrected chi connectivity index (χ0v) is 19.1. The van der Waals surface area contributed by atoms with E-state index in [0.717, 1.165) is 25.0 Å². The second-order valence-corrected chi connectivity index (χ2v) is 8.75. The highest BCUT2D eigenvalue weighted by Gasteiger charge is 2.34. The second kappa shape index (κ2) is 10.0. The minimum Gasteiger partial charge on any atom is -0.368 e. The van der Waals surface area contributed by atoms with Crippen LogP contribution in [0.5, 0.6) is 0 Å².